The SMILES string of the molecule is Cc1cccc(OCC(=O)N2CCN(c3ccc(C=O)cc3)CC2)c1. The summed E-state index contributed by atoms with van der Waals surface area (Å²) in [4.78, 5) is 27.1. The van der Waals surface area contributed by atoms with Gasteiger partial charge in [-0.1, -0.05) is 12.1 Å². The summed E-state index contributed by atoms with van der Waals surface area (Å²) in [6.07, 6.45) is 0.842. The smallest absolute Gasteiger partial charge is 0.260 e. The zero-order valence-electron chi connectivity index (χ0n) is 14.4. The van der Waals surface area contributed by atoms with Crippen LogP contribution >= 0.6 is 0 Å². The minimum absolute atomic E-state index is 0.0115. The van der Waals surface area contributed by atoms with Gasteiger partial charge in [-0.3, -0.25) is 9.59 Å². The van der Waals surface area contributed by atoms with Gasteiger partial charge < -0.3 is 14.5 Å². The number of aryl methyl sites for hydroxylation is 1. The van der Waals surface area contributed by atoms with E-state index in [2.05, 4.69) is 4.90 Å². The van der Waals surface area contributed by atoms with E-state index in [9.17, 15) is 9.59 Å². The Labute approximate surface area is 147 Å². The van der Waals surface area contributed by atoms with Crippen LogP contribution < -0.4 is 9.64 Å². The number of ether oxygens (including phenoxy) is 1. The maximum Gasteiger partial charge on any atom is 0.260 e. The van der Waals surface area contributed by atoms with Crippen LogP contribution in [-0.2, 0) is 4.79 Å². The Kier molecular flexibility index (Phi) is 5.33. The number of anilines is 1. The van der Waals surface area contributed by atoms with Crippen molar-refractivity contribution in [2.45, 2.75) is 6.92 Å². The Morgan fingerprint density at radius 2 is 1.80 bits per heavy atom. The van der Waals surface area contributed by atoms with Crippen molar-refractivity contribution in [2.24, 2.45) is 0 Å². The van der Waals surface area contributed by atoms with Gasteiger partial charge in [0.15, 0.2) is 6.61 Å². The third-order valence-electron chi connectivity index (χ3n) is 4.38. The average Bonchev–Trinajstić information content (AvgIpc) is 2.66. The summed E-state index contributed by atoms with van der Waals surface area (Å²) in [6, 6.07) is 15.2. The van der Waals surface area contributed by atoms with Crippen molar-refractivity contribution >= 4 is 17.9 Å². The van der Waals surface area contributed by atoms with Gasteiger partial charge in [-0.2, -0.15) is 0 Å². The highest BCUT2D eigenvalue weighted by Crippen LogP contribution is 2.17. The predicted octanol–water partition coefficient (Wildman–Crippen LogP) is 2.54. The number of piperazine rings is 1. The third kappa shape index (κ3) is 4.38. The normalized spacial score (nSPS) is 14.3. The molecule has 3 rings (SSSR count). The Hall–Kier alpha value is -2.82. The largest absolute Gasteiger partial charge is 0.484 e. The molecule has 0 spiro atoms. The topological polar surface area (TPSA) is 49.9 Å². The van der Waals surface area contributed by atoms with Gasteiger partial charge in [-0.15, -0.1) is 0 Å². The van der Waals surface area contributed by atoms with Crippen LogP contribution in [0.1, 0.15) is 15.9 Å². The first-order chi connectivity index (χ1) is 12.2. The van der Waals surface area contributed by atoms with Crippen molar-refractivity contribution in [3.8, 4) is 5.75 Å². The molecule has 130 valence electrons. The predicted molar refractivity (Wildman–Crippen MR) is 97.3 cm³/mol. The van der Waals surface area contributed by atoms with Gasteiger partial charge in [0.05, 0.1) is 0 Å². The van der Waals surface area contributed by atoms with Crippen molar-refractivity contribution < 1.29 is 14.3 Å². The minimum atomic E-state index is 0.0115. The van der Waals surface area contributed by atoms with Crippen LogP contribution in [0.4, 0.5) is 5.69 Å². The molecule has 0 saturated carbocycles. The molecular formula is C20H22N2O3. The Morgan fingerprint density at radius 3 is 2.44 bits per heavy atom. The highest BCUT2D eigenvalue weighted by atomic mass is 16.5. The lowest BCUT2D eigenvalue weighted by atomic mass is 10.2. The lowest BCUT2D eigenvalue weighted by molar-refractivity contribution is -0.133. The summed E-state index contributed by atoms with van der Waals surface area (Å²) >= 11 is 0. The van der Waals surface area contributed by atoms with Crippen LogP contribution in [0.15, 0.2) is 48.5 Å². The van der Waals surface area contributed by atoms with Gasteiger partial charge in [-0.05, 0) is 48.9 Å². The first-order valence-electron chi connectivity index (χ1n) is 8.43. The summed E-state index contributed by atoms with van der Waals surface area (Å²) in [5, 5.41) is 0. The van der Waals surface area contributed by atoms with Gasteiger partial charge in [0, 0.05) is 37.4 Å². The molecule has 0 unspecified atom stereocenters. The molecule has 0 bridgehead atoms. The number of nitrogens with zero attached hydrogens (tertiary/aromatic N) is 2. The van der Waals surface area contributed by atoms with Crippen LogP contribution in [0.5, 0.6) is 5.75 Å². The molecular weight excluding hydrogens is 316 g/mol. The van der Waals surface area contributed by atoms with Crippen molar-refractivity contribution in [3.63, 3.8) is 0 Å². The second kappa shape index (κ2) is 7.83. The molecule has 1 heterocycles. The summed E-state index contributed by atoms with van der Waals surface area (Å²) in [5.74, 6) is 0.736. The number of aldehydes is 1. The van der Waals surface area contributed by atoms with Crippen molar-refractivity contribution in [3.05, 3.63) is 59.7 Å². The molecule has 0 aliphatic carbocycles. The fourth-order valence-electron chi connectivity index (χ4n) is 2.92. The quantitative estimate of drug-likeness (QED) is 0.786. The van der Waals surface area contributed by atoms with Gasteiger partial charge in [0.1, 0.15) is 12.0 Å². The highest BCUT2D eigenvalue weighted by molar-refractivity contribution is 5.78. The zero-order valence-corrected chi connectivity index (χ0v) is 14.4. The zero-order chi connectivity index (χ0) is 17.6. The Morgan fingerprint density at radius 1 is 1.08 bits per heavy atom. The van der Waals surface area contributed by atoms with Crippen LogP contribution in [0, 0.1) is 6.92 Å². The van der Waals surface area contributed by atoms with E-state index in [1.807, 2.05) is 60.4 Å². The van der Waals surface area contributed by atoms with E-state index in [0.717, 1.165) is 36.4 Å². The number of carbonyl (C=O) groups excluding carboxylic acids is 2. The van der Waals surface area contributed by atoms with Gasteiger partial charge in [0.25, 0.3) is 5.91 Å². The molecule has 1 aliphatic rings. The van der Waals surface area contributed by atoms with Crippen molar-refractivity contribution in [1.82, 2.24) is 4.90 Å². The Balaban J connectivity index is 1.49. The number of benzene rings is 2. The lowest BCUT2D eigenvalue weighted by Gasteiger charge is -2.36. The van der Waals surface area contributed by atoms with Crippen molar-refractivity contribution in [1.29, 1.82) is 0 Å². The molecule has 25 heavy (non-hydrogen) atoms. The van der Waals surface area contributed by atoms with Gasteiger partial charge >= 0.3 is 0 Å². The van der Waals surface area contributed by atoms with E-state index in [0.29, 0.717) is 18.7 Å². The van der Waals surface area contributed by atoms with E-state index in [1.54, 1.807) is 0 Å². The molecule has 1 fully saturated rings. The minimum Gasteiger partial charge on any atom is -0.484 e. The molecule has 5 nitrogen and oxygen atoms in total. The summed E-state index contributed by atoms with van der Waals surface area (Å²) in [5.41, 5.74) is 2.86. The second-order valence-electron chi connectivity index (χ2n) is 6.18. The number of hydrogen-bond acceptors (Lipinski definition) is 4. The summed E-state index contributed by atoms with van der Waals surface area (Å²) in [7, 11) is 0. The van der Waals surface area contributed by atoms with Gasteiger partial charge in [0.2, 0.25) is 0 Å². The molecule has 0 N–H and O–H groups in total. The molecule has 1 aliphatic heterocycles. The van der Waals surface area contributed by atoms with Crippen LogP contribution in [0.25, 0.3) is 0 Å². The monoisotopic (exact) mass is 338 g/mol. The van der Waals surface area contributed by atoms with Crippen LogP contribution in [0.3, 0.4) is 0 Å². The molecule has 5 heteroatoms. The Bertz CT molecular complexity index is 735. The third-order valence-corrected chi connectivity index (χ3v) is 4.38. The fraction of sp³-hybridized carbons (Fsp3) is 0.300. The highest BCUT2D eigenvalue weighted by Gasteiger charge is 2.21. The number of hydrogen-bond donors (Lipinski definition) is 0. The van der Waals surface area contributed by atoms with E-state index in [4.69, 9.17) is 4.74 Å². The summed E-state index contributed by atoms with van der Waals surface area (Å²) < 4.78 is 5.60. The first kappa shape index (κ1) is 17.0. The van der Waals surface area contributed by atoms with Crippen LogP contribution in [0.2, 0.25) is 0 Å². The average molecular weight is 338 g/mol. The molecule has 1 saturated heterocycles. The molecule has 0 radical (unpaired) electrons. The van der Waals surface area contributed by atoms with Crippen LogP contribution in [-0.4, -0.2) is 49.9 Å². The maximum absolute atomic E-state index is 12.3. The molecule has 2 aromatic rings. The lowest BCUT2D eigenvalue weighted by Crippen LogP contribution is -2.50. The number of rotatable bonds is 5. The molecule has 1 amide bonds. The fourth-order valence-corrected chi connectivity index (χ4v) is 2.92. The standard InChI is InChI=1S/C20H22N2O3/c1-16-3-2-4-19(13-16)25-15-20(24)22-11-9-21(10-12-22)18-7-5-17(14-23)6-8-18/h2-8,13-14H,9-12,15H2,1H3. The molecule has 0 atom stereocenters. The first-order valence-corrected chi connectivity index (χ1v) is 8.43. The number of amides is 1. The van der Waals surface area contributed by atoms with Crippen molar-refractivity contribution in [2.75, 3.05) is 37.7 Å². The summed E-state index contributed by atoms with van der Waals surface area (Å²) in [6.45, 7) is 4.96. The van der Waals surface area contributed by atoms with E-state index in [-0.39, 0.29) is 12.5 Å². The van der Waals surface area contributed by atoms with E-state index in [1.165, 1.54) is 0 Å². The van der Waals surface area contributed by atoms with E-state index < -0.39 is 0 Å². The second-order valence-corrected chi connectivity index (χ2v) is 6.18. The molecule has 0 aromatic heterocycles. The maximum atomic E-state index is 12.3. The number of carbonyl (C=O) groups is 2. The molecule has 2 aromatic carbocycles. The van der Waals surface area contributed by atoms with E-state index >= 15 is 0 Å². The van der Waals surface area contributed by atoms with Gasteiger partial charge in [-0.25, -0.2) is 0 Å².